The fraction of sp³-hybridized carbons (Fsp3) is 0.850. The minimum atomic E-state index is -0.794. The number of hydrogen-bond acceptors (Lipinski definition) is 4. The molecule has 8 heteroatoms. The van der Waals surface area contributed by atoms with E-state index in [2.05, 4.69) is 44.8 Å². The molecule has 158 valence electrons. The second-order valence-corrected chi connectivity index (χ2v) is 8.95. The number of aliphatic imine (C=N–C) groups is 1. The van der Waals surface area contributed by atoms with Crippen LogP contribution in [0.5, 0.6) is 0 Å². The van der Waals surface area contributed by atoms with E-state index >= 15 is 0 Å². The quantitative estimate of drug-likeness (QED) is 0.379. The van der Waals surface area contributed by atoms with Gasteiger partial charge in [-0.3, -0.25) is 15.1 Å². The summed E-state index contributed by atoms with van der Waals surface area (Å²) < 4.78 is 0. The zero-order chi connectivity index (χ0) is 20.4. The minimum Gasteiger partial charge on any atom is -0.354 e. The molecule has 3 fully saturated rings. The average molecular weight is 393 g/mol. The van der Waals surface area contributed by atoms with Crippen molar-refractivity contribution < 1.29 is 9.59 Å². The lowest BCUT2D eigenvalue weighted by Crippen LogP contribution is -2.58. The van der Waals surface area contributed by atoms with Crippen molar-refractivity contribution in [1.29, 1.82) is 0 Å². The van der Waals surface area contributed by atoms with E-state index in [-0.39, 0.29) is 23.4 Å². The Morgan fingerprint density at radius 2 is 1.86 bits per heavy atom. The summed E-state index contributed by atoms with van der Waals surface area (Å²) in [5.74, 6) is 0.874. The first-order chi connectivity index (χ1) is 13.3. The van der Waals surface area contributed by atoms with Crippen molar-refractivity contribution in [3.63, 3.8) is 0 Å². The Kier molecular flexibility index (Phi) is 6.17. The monoisotopic (exact) mass is 392 g/mol. The van der Waals surface area contributed by atoms with E-state index in [1.807, 2.05) is 14.0 Å². The first-order valence-electron chi connectivity index (χ1n) is 10.6. The molecular weight excluding hydrogens is 356 g/mol. The Hall–Kier alpha value is -1.83. The average Bonchev–Trinajstić information content (AvgIpc) is 2.96. The molecule has 1 atom stereocenters. The zero-order valence-electron chi connectivity index (χ0n) is 17.8. The van der Waals surface area contributed by atoms with Gasteiger partial charge in [0.1, 0.15) is 5.54 Å². The largest absolute Gasteiger partial charge is 0.354 e. The number of piperidine rings is 1. The predicted molar refractivity (Wildman–Crippen MR) is 110 cm³/mol. The molecule has 0 spiro atoms. The molecule has 1 aliphatic carbocycles. The molecule has 3 aliphatic rings. The fourth-order valence-corrected chi connectivity index (χ4v) is 5.08. The van der Waals surface area contributed by atoms with Crippen molar-refractivity contribution >= 4 is 17.9 Å². The zero-order valence-corrected chi connectivity index (χ0v) is 17.8. The minimum absolute atomic E-state index is 0.139. The van der Waals surface area contributed by atoms with Crippen LogP contribution in [-0.4, -0.2) is 79.6 Å². The third-order valence-corrected chi connectivity index (χ3v) is 7.20. The summed E-state index contributed by atoms with van der Waals surface area (Å²) in [5, 5.41) is 8.83. The van der Waals surface area contributed by atoms with Gasteiger partial charge in [0.2, 0.25) is 0 Å². The third kappa shape index (κ3) is 3.97. The summed E-state index contributed by atoms with van der Waals surface area (Å²) in [6, 6.07) is -0.381. The van der Waals surface area contributed by atoms with Crippen LogP contribution in [0.3, 0.4) is 0 Å². The van der Waals surface area contributed by atoms with E-state index in [1.165, 1.54) is 32.1 Å². The lowest BCUT2D eigenvalue weighted by atomic mass is 9.79. The van der Waals surface area contributed by atoms with Gasteiger partial charge in [-0.25, -0.2) is 4.79 Å². The van der Waals surface area contributed by atoms with Crippen molar-refractivity contribution in [1.82, 2.24) is 25.8 Å². The molecule has 0 aromatic heterocycles. The van der Waals surface area contributed by atoms with Gasteiger partial charge in [-0.15, -0.1) is 0 Å². The van der Waals surface area contributed by atoms with Gasteiger partial charge < -0.3 is 20.4 Å². The van der Waals surface area contributed by atoms with Gasteiger partial charge >= 0.3 is 6.03 Å². The van der Waals surface area contributed by atoms with Gasteiger partial charge in [0, 0.05) is 32.2 Å². The topological polar surface area (TPSA) is 89.1 Å². The van der Waals surface area contributed by atoms with Crippen molar-refractivity contribution in [2.24, 2.45) is 10.9 Å². The molecule has 3 amide bonds. The van der Waals surface area contributed by atoms with Crippen LogP contribution < -0.4 is 16.0 Å². The number of carbonyl (C=O) groups excluding carboxylic acids is 2. The first kappa shape index (κ1) is 20.9. The number of guanidine groups is 1. The van der Waals surface area contributed by atoms with Gasteiger partial charge in [0.25, 0.3) is 5.91 Å². The molecular formula is C20H36N6O2. The second kappa shape index (κ2) is 8.27. The van der Waals surface area contributed by atoms with Crippen LogP contribution in [0.4, 0.5) is 4.79 Å². The summed E-state index contributed by atoms with van der Waals surface area (Å²) in [7, 11) is 6.20. The molecule has 0 aromatic rings. The van der Waals surface area contributed by atoms with Crippen LogP contribution in [-0.2, 0) is 4.79 Å². The number of urea groups is 1. The smallest absolute Gasteiger partial charge is 0.322 e. The Morgan fingerprint density at radius 3 is 2.36 bits per heavy atom. The molecule has 2 heterocycles. The number of hydrogen-bond donors (Lipinski definition) is 3. The normalized spacial score (nSPS) is 29.0. The van der Waals surface area contributed by atoms with Crippen LogP contribution in [0.2, 0.25) is 0 Å². The molecule has 2 saturated heterocycles. The maximum absolute atomic E-state index is 12.2. The molecule has 0 aromatic carbocycles. The molecule has 3 rings (SSSR count). The number of amides is 3. The van der Waals surface area contributed by atoms with E-state index in [1.54, 1.807) is 0 Å². The van der Waals surface area contributed by atoms with Crippen molar-refractivity contribution in [2.75, 3.05) is 40.8 Å². The molecule has 3 N–H and O–H groups in total. The van der Waals surface area contributed by atoms with Gasteiger partial charge in [0.05, 0.1) is 0 Å². The molecule has 8 nitrogen and oxygen atoms in total. The van der Waals surface area contributed by atoms with E-state index in [4.69, 9.17) is 0 Å². The summed E-state index contributed by atoms with van der Waals surface area (Å²) in [5.41, 5.74) is -0.594. The van der Waals surface area contributed by atoms with Crippen molar-refractivity contribution in [3.05, 3.63) is 0 Å². The number of nitrogens with one attached hydrogen (secondary N) is 3. The highest BCUT2D eigenvalue weighted by molar-refractivity contribution is 6.07. The third-order valence-electron chi connectivity index (χ3n) is 7.20. The lowest BCUT2D eigenvalue weighted by Gasteiger charge is -2.44. The van der Waals surface area contributed by atoms with Crippen LogP contribution in [0.1, 0.15) is 51.9 Å². The summed E-state index contributed by atoms with van der Waals surface area (Å²) in [6.07, 6.45) is 8.05. The van der Waals surface area contributed by atoms with Crippen molar-refractivity contribution in [2.45, 2.75) is 62.9 Å². The van der Waals surface area contributed by atoms with E-state index in [0.29, 0.717) is 0 Å². The second-order valence-electron chi connectivity index (χ2n) is 8.95. The Morgan fingerprint density at radius 1 is 1.21 bits per heavy atom. The number of nitrogens with zero attached hydrogens (tertiary/aromatic N) is 3. The van der Waals surface area contributed by atoms with Gasteiger partial charge in [0.15, 0.2) is 5.96 Å². The molecule has 28 heavy (non-hydrogen) atoms. The first-order valence-corrected chi connectivity index (χ1v) is 10.6. The van der Waals surface area contributed by atoms with Crippen LogP contribution >= 0.6 is 0 Å². The molecule has 0 radical (unpaired) electrons. The Labute approximate surface area is 168 Å². The molecule has 0 bridgehead atoms. The standard InChI is InChI=1S/C20H36N6O2/c1-19(16(27)23-18(28)24-19)15-8-12-26(13-9-15)17(21-2)22-14-20(25(3)4)10-6-5-7-11-20/h15H,5-14H2,1-4H3,(H,21,22)(H2,23,24,27,28). The Bertz CT molecular complexity index is 620. The highest BCUT2D eigenvalue weighted by atomic mass is 16.2. The van der Waals surface area contributed by atoms with Gasteiger partial charge in [-0.05, 0) is 52.6 Å². The fourth-order valence-electron chi connectivity index (χ4n) is 5.08. The summed E-state index contributed by atoms with van der Waals surface area (Å²) in [6.45, 7) is 4.41. The molecule has 1 saturated carbocycles. The van der Waals surface area contributed by atoms with E-state index in [0.717, 1.165) is 38.4 Å². The number of likely N-dealkylation sites (tertiary alicyclic amines) is 1. The number of carbonyl (C=O) groups is 2. The predicted octanol–water partition coefficient (Wildman–Crippen LogP) is 1.14. The number of imide groups is 1. The maximum atomic E-state index is 12.2. The summed E-state index contributed by atoms with van der Waals surface area (Å²) in [4.78, 5) is 32.9. The van der Waals surface area contributed by atoms with E-state index < -0.39 is 5.54 Å². The Balaban J connectivity index is 1.57. The molecule has 1 unspecified atom stereocenters. The van der Waals surface area contributed by atoms with Crippen molar-refractivity contribution in [3.8, 4) is 0 Å². The number of likely N-dealkylation sites (N-methyl/N-ethyl adjacent to an activating group) is 1. The maximum Gasteiger partial charge on any atom is 0.322 e. The van der Waals surface area contributed by atoms with Gasteiger partial charge in [-0.2, -0.15) is 0 Å². The summed E-state index contributed by atoms with van der Waals surface area (Å²) >= 11 is 0. The molecule has 2 aliphatic heterocycles. The SMILES string of the molecule is CN=C(NCC1(N(C)C)CCCCC1)N1CCC(C2(C)NC(=O)NC2=O)CC1. The lowest BCUT2D eigenvalue weighted by molar-refractivity contribution is -0.125. The van der Waals surface area contributed by atoms with E-state index in [9.17, 15) is 9.59 Å². The highest BCUT2D eigenvalue weighted by Crippen LogP contribution is 2.32. The highest BCUT2D eigenvalue weighted by Gasteiger charge is 2.48. The number of rotatable bonds is 4. The van der Waals surface area contributed by atoms with Crippen LogP contribution in [0.15, 0.2) is 4.99 Å². The van der Waals surface area contributed by atoms with Crippen LogP contribution in [0, 0.1) is 5.92 Å². The van der Waals surface area contributed by atoms with Crippen LogP contribution in [0.25, 0.3) is 0 Å². The van der Waals surface area contributed by atoms with Gasteiger partial charge in [-0.1, -0.05) is 19.3 Å².